The van der Waals surface area contributed by atoms with E-state index in [2.05, 4.69) is 0 Å². The number of hydrogen-bond acceptors (Lipinski definition) is 0. The van der Waals surface area contributed by atoms with Crippen LogP contribution in [0.1, 0.15) is 0 Å². The summed E-state index contributed by atoms with van der Waals surface area (Å²) in [6.45, 7) is 0. The van der Waals surface area contributed by atoms with Crippen LogP contribution in [0.3, 0.4) is 0 Å². The zero-order valence-corrected chi connectivity index (χ0v) is 70.0. The van der Waals surface area contributed by atoms with Crippen LogP contribution in [0.2, 0.25) is 0 Å². The quantitative estimate of drug-likeness (QED) is 0.326. The van der Waals surface area contributed by atoms with Gasteiger partial charge in [0.2, 0.25) is 0 Å². The van der Waals surface area contributed by atoms with Crippen molar-refractivity contribution < 1.29 is 126 Å². The van der Waals surface area contributed by atoms with Gasteiger partial charge in [0, 0.05) is 0 Å². The van der Waals surface area contributed by atoms with Gasteiger partial charge < -0.3 is 37.2 Å². The molecule has 53 heteroatoms. The van der Waals surface area contributed by atoms with Gasteiger partial charge in [0.15, 0.2) is 0 Å². The Bertz CT molecular complexity index is 16.6. The molecule has 0 bridgehead atoms. The minimum Gasteiger partial charge on any atom is -1.00 e. The van der Waals surface area contributed by atoms with Crippen LogP contribution in [0.5, 0.6) is 0 Å². The standard InChI is InChI=1S/50ClH.3Na/h50*1H;;;/q;;;;;;;;;;;;;;;;;;;;;;;;;;;;;;;;;;;;;;;;;;;;;;;;;;3*+1/p-3. The molecule has 400 valence electrons. The molecule has 0 aliphatic carbocycles. The molecule has 0 aliphatic heterocycles. The molecule has 53 heavy (non-hydrogen) atoms. The van der Waals surface area contributed by atoms with E-state index >= 15 is 0 Å². The average molecular weight is 1890 g/mol. The van der Waals surface area contributed by atoms with E-state index in [1.54, 1.807) is 0 Å². The maximum absolute atomic E-state index is 0. The third kappa shape index (κ3) is 1030. The maximum atomic E-state index is 0. The van der Waals surface area contributed by atoms with E-state index in [9.17, 15) is 0 Å². The molecule has 0 atom stereocenters. The first-order valence-corrected chi connectivity index (χ1v) is 0. The predicted molar refractivity (Wildman–Crippen MR) is 341 cm³/mol. The van der Waals surface area contributed by atoms with E-state index in [-0.39, 0.29) is 709 Å². The molecule has 0 aromatic rings. The van der Waals surface area contributed by atoms with Crippen molar-refractivity contribution in [2.75, 3.05) is 0 Å². The van der Waals surface area contributed by atoms with Gasteiger partial charge >= 0.3 is 88.7 Å². The molecular formula is H47Cl50Na3. The molecular weight excluding hydrogens is 1840 g/mol. The van der Waals surface area contributed by atoms with E-state index < -0.39 is 0 Å². The van der Waals surface area contributed by atoms with Crippen molar-refractivity contribution in [3.8, 4) is 0 Å². The summed E-state index contributed by atoms with van der Waals surface area (Å²) in [7, 11) is 0. The Balaban J connectivity index is 0. The van der Waals surface area contributed by atoms with Crippen LogP contribution < -0.4 is 126 Å². The molecule has 0 fully saturated rings. The van der Waals surface area contributed by atoms with E-state index in [0.717, 1.165) is 0 Å². The van der Waals surface area contributed by atoms with Gasteiger partial charge in [-0.1, -0.05) is 0 Å². The van der Waals surface area contributed by atoms with E-state index in [0.29, 0.717) is 0 Å². The minimum atomic E-state index is 0. The Hall–Kier alpha value is 17.5. The second-order valence-electron chi connectivity index (χ2n) is 0. The van der Waals surface area contributed by atoms with Gasteiger partial charge in [-0.15, -0.1) is 583 Å². The second-order valence-corrected chi connectivity index (χ2v) is 0. The monoisotopic (exact) mass is 1860 g/mol. The van der Waals surface area contributed by atoms with Gasteiger partial charge in [-0.3, -0.25) is 0 Å². The Morgan fingerprint density at radius 3 is 0.0566 bits per heavy atom. The average Bonchev–Trinajstić information content (AvgIpc) is 0. The van der Waals surface area contributed by atoms with E-state index in [1.807, 2.05) is 0 Å². The van der Waals surface area contributed by atoms with E-state index in [4.69, 9.17) is 0 Å². The second kappa shape index (κ2) is 1060. The Kier molecular flexibility index (Phi) is 22300. The molecule has 0 rings (SSSR count). The first-order valence-electron chi connectivity index (χ1n) is 0. The first kappa shape index (κ1) is 1110. The van der Waals surface area contributed by atoms with Crippen molar-refractivity contribution in [3.05, 3.63) is 0 Å². The van der Waals surface area contributed by atoms with Crippen LogP contribution in [0.4, 0.5) is 0 Å². The Labute approximate surface area is 694 Å². The Morgan fingerprint density at radius 1 is 0.0566 bits per heavy atom. The normalized spacial score (nSPS) is 0. The van der Waals surface area contributed by atoms with Crippen LogP contribution in [-0.2, 0) is 0 Å². The summed E-state index contributed by atoms with van der Waals surface area (Å²) in [5.74, 6) is 0. The zero-order valence-electron chi connectivity index (χ0n) is 23.3. The van der Waals surface area contributed by atoms with Gasteiger partial charge in [0.1, 0.15) is 0 Å². The van der Waals surface area contributed by atoms with Gasteiger partial charge in [-0.2, -0.15) is 0 Å². The summed E-state index contributed by atoms with van der Waals surface area (Å²) < 4.78 is 0. The molecule has 0 spiro atoms. The number of rotatable bonds is 0. The molecule has 0 nitrogen and oxygen atoms in total. The van der Waals surface area contributed by atoms with Gasteiger partial charge in [-0.05, 0) is 0 Å². The number of halogens is 50. The molecule has 0 heterocycles. The topological polar surface area (TPSA) is 0 Å². The van der Waals surface area contributed by atoms with Crippen molar-refractivity contribution in [2.45, 2.75) is 0 Å². The molecule has 0 aromatic heterocycles. The minimum absolute atomic E-state index is 0. The smallest absolute Gasteiger partial charge is 1.00 e. The molecule has 0 amide bonds. The van der Waals surface area contributed by atoms with E-state index in [1.165, 1.54) is 0 Å². The molecule has 0 saturated carbocycles. The molecule has 0 radical (unpaired) electrons. The molecule has 0 aliphatic rings. The van der Waals surface area contributed by atoms with Crippen LogP contribution in [0, 0.1) is 0 Å². The first-order chi connectivity index (χ1) is 0. The van der Waals surface area contributed by atoms with Crippen LogP contribution in [0.25, 0.3) is 0 Å². The summed E-state index contributed by atoms with van der Waals surface area (Å²) >= 11 is 0. The van der Waals surface area contributed by atoms with Crippen molar-refractivity contribution in [3.63, 3.8) is 0 Å². The summed E-state index contributed by atoms with van der Waals surface area (Å²) in [5, 5.41) is 0. The van der Waals surface area contributed by atoms with Crippen molar-refractivity contribution >= 4 is 583 Å². The van der Waals surface area contributed by atoms with Gasteiger partial charge in [0.25, 0.3) is 0 Å². The molecule has 0 N–H and O–H groups in total. The maximum Gasteiger partial charge on any atom is 1.00 e. The van der Waals surface area contributed by atoms with Crippen LogP contribution in [0.15, 0.2) is 0 Å². The Morgan fingerprint density at radius 2 is 0.0566 bits per heavy atom. The fourth-order valence-electron chi connectivity index (χ4n) is 0. The summed E-state index contributed by atoms with van der Waals surface area (Å²) in [4.78, 5) is 0. The zero-order chi connectivity index (χ0) is 0. The summed E-state index contributed by atoms with van der Waals surface area (Å²) in [5.41, 5.74) is 0. The van der Waals surface area contributed by atoms with Gasteiger partial charge in [-0.25, -0.2) is 0 Å². The molecule has 0 aromatic carbocycles. The SMILES string of the molecule is Cl.Cl.Cl.Cl.Cl.Cl.Cl.Cl.Cl.Cl.Cl.Cl.Cl.Cl.Cl.Cl.Cl.Cl.Cl.Cl.Cl.Cl.Cl.Cl.Cl.Cl.Cl.Cl.Cl.Cl.Cl.Cl.Cl.Cl.Cl.Cl.Cl.Cl.Cl.Cl.Cl.Cl.Cl.Cl.Cl.Cl.Cl.[Cl-].[Cl-].[Cl-].[Na+].[Na+].[Na+]. The van der Waals surface area contributed by atoms with Gasteiger partial charge in [0.05, 0.1) is 0 Å². The van der Waals surface area contributed by atoms with Crippen molar-refractivity contribution in [1.29, 1.82) is 0 Å². The summed E-state index contributed by atoms with van der Waals surface area (Å²) in [6, 6.07) is 0. The number of hydrogen-bond donors (Lipinski definition) is 0. The van der Waals surface area contributed by atoms with Crippen molar-refractivity contribution in [1.82, 2.24) is 0 Å². The van der Waals surface area contributed by atoms with Crippen molar-refractivity contribution in [2.24, 2.45) is 0 Å². The molecule has 0 saturated heterocycles. The fourth-order valence-corrected chi connectivity index (χ4v) is 0. The summed E-state index contributed by atoms with van der Waals surface area (Å²) in [6.07, 6.45) is 0. The molecule has 0 unspecified atom stereocenters. The third-order valence-corrected chi connectivity index (χ3v) is 0. The predicted octanol–water partition coefficient (Wildman–Crippen LogP) is 1.85. The van der Waals surface area contributed by atoms with Crippen LogP contribution in [-0.4, -0.2) is 0 Å². The van der Waals surface area contributed by atoms with Crippen LogP contribution >= 0.6 is 583 Å². The fraction of sp³-hybridized carbons (Fsp3) is 0. The third-order valence-electron chi connectivity index (χ3n) is 0. The largest absolute Gasteiger partial charge is 1.00 e.